The number of hydrogen-bond acceptors (Lipinski definition) is 2. The first-order valence-corrected chi connectivity index (χ1v) is 7.17. The molecule has 20 heavy (non-hydrogen) atoms. The number of pyridine rings is 1. The van der Waals surface area contributed by atoms with Crippen LogP contribution in [-0.2, 0) is 4.79 Å². The summed E-state index contributed by atoms with van der Waals surface area (Å²) in [5.74, 6) is 0.193. The first-order valence-electron chi connectivity index (χ1n) is 7.17. The molecular formula is C16H18N2O2. The van der Waals surface area contributed by atoms with Gasteiger partial charge < -0.3 is 10.3 Å². The quantitative estimate of drug-likeness (QED) is 0.881. The summed E-state index contributed by atoms with van der Waals surface area (Å²) < 4.78 is 0. The van der Waals surface area contributed by atoms with E-state index in [4.69, 9.17) is 0 Å². The van der Waals surface area contributed by atoms with E-state index >= 15 is 0 Å². The number of carbonyl (C=O) groups excluding carboxylic acids is 1. The molecule has 1 fully saturated rings. The Morgan fingerprint density at radius 2 is 1.90 bits per heavy atom. The second-order valence-corrected chi connectivity index (χ2v) is 5.40. The molecule has 0 saturated heterocycles. The molecule has 0 aliphatic heterocycles. The maximum Gasteiger partial charge on any atom is 0.255 e. The molecule has 1 saturated carbocycles. The molecule has 1 aliphatic rings. The van der Waals surface area contributed by atoms with E-state index < -0.39 is 0 Å². The number of carbonyl (C=O) groups is 1. The van der Waals surface area contributed by atoms with Crippen molar-refractivity contribution < 1.29 is 4.79 Å². The van der Waals surface area contributed by atoms with Crippen molar-refractivity contribution in [2.75, 3.05) is 5.32 Å². The van der Waals surface area contributed by atoms with Crippen molar-refractivity contribution in [3.8, 4) is 0 Å². The summed E-state index contributed by atoms with van der Waals surface area (Å²) in [6.45, 7) is 0. The molecule has 1 aromatic heterocycles. The van der Waals surface area contributed by atoms with E-state index in [1.165, 1.54) is 6.42 Å². The summed E-state index contributed by atoms with van der Waals surface area (Å²) in [6, 6.07) is 7.24. The molecule has 0 unspecified atom stereocenters. The monoisotopic (exact) mass is 270 g/mol. The Hall–Kier alpha value is -2.10. The van der Waals surface area contributed by atoms with Gasteiger partial charge in [0.05, 0.1) is 0 Å². The number of fused-ring (bicyclic) bond motifs is 1. The highest BCUT2D eigenvalue weighted by atomic mass is 16.2. The topological polar surface area (TPSA) is 62.0 Å². The summed E-state index contributed by atoms with van der Waals surface area (Å²) >= 11 is 0. The number of hydrogen-bond donors (Lipinski definition) is 2. The van der Waals surface area contributed by atoms with Crippen molar-refractivity contribution in [2.45, 2.75) is 32.1 Å². The molecule has 0 spiro atoms. The lowest BCUT2D eigenvalue weighted by atomic mass is 9.88. The molecule has 2 N–H and O–H groups in total. The minimum atomic E-state index is -0.128. The van der Waals surface area contributed by atoms with Crippen LogP contribution in [0, 0.1) is 5.92 Å². The number of rotatable bonds is 2. The summed E-state index contributed by atoms with van der Waals surface area (Å²) in [7, 11) is 0. The number of H-pyrrole nitrogens is 1. The van der Waals surface area contributed by atoms with Crippen LogP contribution in [0.25, 0.3) is 10.8 Å². The van der Waals surface area contributed by atoms with Crippen molar-refractivity contribution in [3.63, 3.8) is 0 Å². The van der Waals surface area contributed by atoms with Crippen molar-refractivity contribution in [1.29, 1.82) is 0 Å². The first kappa shape index (κ1) is 12.9. The highest BCUT2D eigenvalue weighted by molar-refractivity contribution is 6.02. The van der Waals surface area contributed by atoms with Gasteiger partial charge in [0.15, 0.2) is 0 Å². The van der Waals surface area contributed by atoms with Gasteiger partial charge in [-0.3, -0.25) is 9.59 Å². The zero-order valence-corrected chi connectivity index (χ0v) is 11.3. The fraction of sp³-hybridized carbons (Fsp3) is 0.375. The molecule has 4 nitrogen and oxygen atoms in total. The van der Waals surface area contributed by atoms with Gasteiger partial charge in [0.1, 0.15) is 0 Å². The van der Waals surface area contributed by atoms with E-state index in [1.807, 2.05) is 12.1 Å². The normalized spacial score (nSPS) is 16.2. The van der Waals surface area contributed by atoms with E-state index in [0.29, 0.717) is 5.39 Å². The molecule has 4 heteroatoms. The Morgan fingerprint density at radius 1 is 1.10 bits per heavy atom. The maximum absolute atomic E-state index is 12.3. The largest absolute Gasteiger partial charge is 0.329 e. The average Bonchev–Trinajstić information content (AvgIpc) is 2.49. The van der Waals surface area contributed by atoms with Crippen LogP contribution in [0.5, 0.6) is 0 Å². The molecule has 1 amide bonds. The van der Waals surface area contributed by atoms with Crippen LogP contribution >= 0.6 is 0 Å². The molecule has 1 aromatic carbocycles. The highest BCUT2D eigenvalue weighted by Crippen LogP contribution is 2.26. The lowest BCUT2D eigenvalue weighted by Gasteiger charge is -2.21. The van der Waals surface area contributed by atoms with E-state index in [0.717, 1.165) is 36.8 Å². The van der Waals surface area contributed by atoms with Crippen molar-refractivity contribution in [2.24, 2.45) is 5.92 Å². The second-order valence-electron chi connectivity index (χ2n) is 5.40. The van der Waals surface area contributed by atoms with Crippen LogP contribution < -0.4 is 10.9 Å². The summed E-state index contributed by atoms with van der Waals surface area (Å²) in [5.41, 5.74) is 0.598. The van der Waals surface area contributed by atoms with E-state index in [-0.39, 0.29) is 17.4 Å². The van der Waals surface area contributed by atoms with Crippen molar-refractivity contribution >= 4 is 22.4 Å². The van der Waals surface area contributed by atoms with Crippen LogP contribution in [0.2, 0.25) is 0 Å². The number of benzene rings is 1. The van der Waals surface area contributed by atoms with Gasteiger partial charge in [-0.15, -0.1) is 0 Å². The zero-order valence-electron chi connectivity index (χ0n) is 11.3. The first-order chi connectivity index (χ1) is 9.75. The fourth-order valence-electron chi connectivity index (χ4n) is 2.93. The Balaban J connectivity index is 1.89. The van der Waals surface area contributed by atoms with Crippen LogP contribution in [0.4, 0.5) is 5.69 Å². The predicted octanol–water partition coefficient (Wildman–Crippen LogP) is 3.05. The third-order valence-corrected chi connectivity index (χ3v) is 4.05. The average molecular weight is 270 g/mol. The summed E-state index contributed by atoms with van der Waals surface area (Å²) in [4.78, 5) is 26.7. The molecule has 104 valence electrons. The number of aromatic nitrogens is 1. The minimum absolute atomic E-state index is 0.0810. The molecule has 1 heterocycles. The third-order valence-electron chi connectivity index (χ3n) is 4.05. The SMILES string of the molecule is O=C(Nc1cccc2c(=O)[nH]ccc12)C1CCCCC1. The van der Waals surface area contributed by atoms with Gasteiger partial charge in [0.25, 0.3) is 5.56 Å². The Kier molecular flexibility index (Phi) is 3.54. The smallest absolute Gasteiger partial charge is 0.255 e. The second kappa shape index (κ2) is 5.49. The molecule has 0 radical (unpaired) electrons. The summed E-state index contributed by atoms with van der Waals surface area (Å²) in [5, 5.41) is 4.39. The molecule has 0 bridgehead atoms. The van der Waals surface area contributed by atoms with Crippen molar-refractivity contribution in [3.05, 3.63) is 40.8 Å². The standard InChI is InChI=1S/C16H18N2O2/c19-15(11-5-2-1-3-6-11)18-14-8-4-7-13-12(14)9-10-17-16(13)20/h4,7-11H,1-3,5-6H2,(H,17,20)(H,18,19). The Bertz CT molecular complexity index is 684. The van der Waals surface area contributed by atoms with Crippen LogP contribution in [0.15, 0.2) is 35.3 Å². The number of anilines is 1. The van der Waals surface area contributed by atoms with Gasteiger partial charge in [0.2, 0.25) is 5.91 Å². The maximum atomic E-state index is 12.3. The van der Waals surface area contributed by atoms with Gasteiger partial charge in [-0.05, 0) is 31.0 Å². The third kappa shape index (κ3) is 2.46. The van der Waals surface area contributed by atoms with Gasteiger partial charge >= 0.3 is 0 Å². The van der Waals surface area contributed by atoms with Crippen LogP contribution in [-0.4, -0.2) is 10.9 Å². The fourth-order valence-corrected chi connectivity index (χ4v) is 2.93. The molecule has 1 aliphatic carbocycles. The van der Waals surface area contributed by atoms with Gasteiger partial charge in [-0.2, -0.15) is 0 Å². The van der Waals surface area contributed by atoms with E-state index in [9.17, 15) is 9.59 Å². The highest BCUT2D eigenvalue weighted by Gasteiger charge is 2.21. The van der Waals surface area contributed by atoms with E-state index in [1.54, 1.807) is 18.3 Å². The minimum Gasteiger partial charge on any atom is -0.329 e. The van der Waals surface area contributed by atoms with Gasteiger partial charge in [0, 0.05) is 28.6 Å². The predicted molar refractivity (Wildman–Crippen MR) is 79.8 cm³/mol. The van der Waals surface area contributed by atoms with Crippen molar-refractivity contribution in [1.82, 2.24) is 4.98 Å². The lowest BCUT2D eigenvalue weighted by molar-refractivity contribution is -0.120. The zero-order chi connectivity index (χ0) is 13.9. The lowest BCUT2D eigenvalue weighted by Crippen LogP contribution is -2.24. The van der Waals surface area contributed by atoms with Gasteiger partial charge in [-0.1, -0.05) is 25.3 Å². The Morgan fingerprint density at radius 3 is 2.70 bits per heavy atom. The molecule has 2 aromatic rings. The van der Waals surface area contributed by atoms with Crippen LogP contribution in [0.1, 0.15) is 32.1 Å². The number of aromatic amines is 1. The van der Waals surface area contributed by atoms with Crippen LogP contribution in [0.3, 0.4) is 0 Å². The molecule has 0 atom stereocenters. The Labute approximate surface area is 117 Å². The number of nitrogens with one attached hydrogen (secondary N) is 2. The number of amides is 1. The van der Waals surface area contributed by atoms with Gasteiger partial charge in [-0.25, -0.2) is 0 Å². The molecular weight excluding hydrogens is 252 g/mol. The van der Waals surface area contributed by atoms with E-state index in [2.05, 4.69) is 10.3 Å². The summed E-state index contributed by atoms with van der Waals surface area (Å²) in [6.07, 6.45) is 7.04. The molecule has 3 rings (SSSR count).